The zero-order chi connectivity index (χ0) is 16.0. The van der Waals surface area contributed by atoms with Gasteiger partial charge in [-0.2, -0.15) is 0 Å². The van der Waals surface area contributed by atoms with Gasteiger partial charge < -0.3 is 15.4 Å². The maximum atomic E-state index is 12.3. The van der Waals surface area contributed by atoms with Gasteiger partial charge in [0.05, 0.1) is 12.4 Å². The predicted octanol–water partition coefficient (Wildman–Crippen LogP) is 3.10. The number of benzene rings is 1. The van der Waals surface area contributed by atoms with Crippen LogP contribution in [-0.4, -0.2) is 37.9 Å². The Morgan fingerprint density at radius 2 is 1.96 bits per heavy atom. The normalized spacial score (nSPS) is 17.7. The SMILES string of the molecule is COc1ccc(SC(C)C(=O)NCC2(C)CCNCC2)cc1.Cl. The van der Waals surface area contributed by atoms with Gasteiger partial charge in [-0.15, -0.1) is 24.2 Å². The fraction of sp³-hybridized carbons (Fsp3) is 0.588. The molecule has 1 atom stereocenters. The van der Waals surface area contributed by atoms with E-state index in [2.05, 4.69) is 17.6 Å². The summed E-state index contributed by atoms with van der Waals surface area (Å²) in [6.07, 6.45) is 2.24. The number of methoxy groups -OCH3 is 1. The number of carbonyl (C=O) groups is 1. The highest BCUT2D eigenvalue weighted by molar-refractivity contribution is 8.00. The van der Waals surface area contributed by atoms with Crippen LogP contribution in [0.1, 0.15) is 26.7 Å². The van der Waals surface area contributed by atoms with Crippen LogP contribution in [0.5, 0.6) is 5.75 Å². The molecule has 1 saturated heterocycles. The third-order valence-electron chi connectivity index (χ3n) is 4.24. The maximum Gasteiger partial charge on any atom is 0.233 e. The van der Waals surface area contributed by atoms with Crippen molar-refractivity contribution in [2.75, 3.05) is 26.7 Å². The third kappa shape index (κ3) is 6.24. The van der Waals surface area contributed by atoms with Crippen LogP contribution in [0.3, 0.4) is 0 Å². The van der Waals surface area contributed by atoms with Crippen molar-refractivity contribution < 1.29 is 9.53 Å². The second-order valence-electron chi connectivity index (χ2n) is 6.21. The van der Waals surface area contributed by atoms with Crippen molar-refractivity contribution in [3.63, 3.8) is 0 Å². The molecule has 1 aromatic rings. The molecule has 2 N–H and O–H groups in total. The molecule has 0 bridgehead atoms. The van der Waals surface area contributed by atoms with Crippen molar-refractivity contribution in [2.45, 2.75) is 36.8 Å². The Morgan fingerprint density at radius 3 is 2.52 bits per heavy atom. The highest BCUT2D eigenvalue weighted by Gasteiger charge is 2.27. The highest BCUT2D eigenvalue weighted by Crippen LogP contribution is 2.28. The van der Waals surface area contributed by atoms with Crippen LogP contribution in [0, 0.1) is 5.41 Å². The van der Waals surface area contributed by atoms with Crippen molar-refractivity contribution in [2.24, 2.45) is 5.41 Å². The molecule has 0 saturated carbocycles. The lowest BCUT2D eigenvalue weighted by Crippen LogP contribution is -2.44. The zero-order valence-corrected chi connectivity index (χ0v) is 15.7. The van der Waals surface area contributed by atoms with E-state index in [-0.39, 0.29) is 29.0 Å². The summed E-state index contributed by atoms with van der Waals surface area (Å²) in [5.41, 5.74) is 0.228. The average molecular weight is 359 g/mol. The van der Waals surface area contributed by atoms with Crippen LogP contribution in [0.4, 0.5) is 0 Å². The molecule has 6 heteroatoms. The number of rotatable bonds is 6. The number of hydrogen-bond acceptors (Lipinski definition) is 4. The van der Waals surface area contributed by atoms with E-state index < -0.39 is 0 Å². The van der Waals surface area contributed by atoms with Crippen LogP contribution >= 0.6 is 24.2 Å². The summed E-state index contributed by atoms with van der Waals surface area (Å²) < 4.78 is 5.14. The van der Waals surface area contributed by atoms with E-state index in [0.717, 1.165) is 43.1 Å². The predicted molar refractivity (Wildman–Crippen MR) is 98.8 cm³/mol. The number of piperidine rings is 1. The zero-order valence-electron chi connectivity index (χ0n) is 14.1. The van der Waals surface area contributed by atoms with Crippen molar-refractivity contribution in [3.8, 4) is 5.75 Å². The molecule has 0 radical (unpaired) electrons. The van der Waals surface area contributed by atoms with Gasteiger partial charge in [0.1, 0.15) is 5.75 Å². The summed E-state index contributed by atoms with van der Waals surface area (Å²) >= 11 is 1.58. The number of carbonyl (C=O) groups excluding carboxylic acids is 1. The molecule has 1 fully saturated rings. The van der Waals surface area contributed by atoms with Gasteiger partial charge in [0.2, 0.25) is 5.91 Å². The molecule has 4 nitrogen and oxygen atoms in total. The molecular weight excluding hydrogens is 332 g/mol. The van der Waals surface area contributed by atoms with E-state index in [4.69, 9.17) is 4.74 Å². The summed E-state index contributed by atoms with van der Waals surface area (Å²) in [6, 6.07) is 7.81. The van der Waals surface area contributed by atoms with Crippen LogP contribution in [0.25, 0.3) is 0 Å². The average Bonchev–Trinajstić information content (AvgIpc) is 2.54. The Kier molecular flexibility index (Phi) is 8.23. The Balaban J connectivity index is 0.00000264. The van der Waals surface area contributed by atoms with Gasteiger partial charge >= 0.3 is 0 Å². The molecule has 0 spiro atoms. The van der Waals surface area contributed by atoms with Gasteiger partial charge in [-0.05, 0) is 62.5 Å². The largest absolute Gasteiger partial charge is 0.497 e. The number of hydrogen-bond donors (Lipinski definition) is 2. The van der Waals surface area contributed by atoms with Crippen molar-refractivity contribution >= 4 is 30.1 Å². The number of amides is 1. The molecule has 1 aliphatic heterocycles. The quantitative estimate of drug-likeness (QED) is 0.767. The van der Waals surface area contributed by atoms with E-state index in [1.165, 1.54) is 0 Å². The van der Waals surface area contributed by atoms with Gasteiger partial charge in [-0.1, -0.05) is 6.92 Å². The maximum absolute atomic E-state index is 12.3. The summed E-state index contributed by atoms with van der Waals surface area (Å²) in [5, 5.41) is 6.39. The first-order chi connectivity index (χ1) is 10.5. The third-order valence-corrected chi connectivity index (χ3v) is 5.35. The van der Waals surface area contributed by atoms with Crippen LogP contribution in [-0.2, 0) is 4.79 Å². The Morgan fingerprint density at radius 1 is 1.35 bits per heavy atom. The standard InChI is InChI=1S/C17H26N2O2S.ClH/c1-13(22-15-6-4-14(21-3)5-7-15)16(20)19-12-17(2)8-10-18-11-9-17;/h4-7,13,18H,8-12H2,1-3H3,(H,19,20);1H. The van der Waals surface area contributed by atoms with E-state index in [1.54, 1.807) is 18.9 Å². The minimum atomic E-state index is -0.0984. The number of halogens is 1. The molecule has 0 aliphatic carbocycles. The topological polar surface area (TPSA) is 50.4 Å². The molecule has 0 aromatic heterocycles. The van der Waals surface area contributed by atoms with Crippen LogP contribution in [0.2, 0.25) is 0 Å². The summed E-state index contributed by atoms with van der Waals surface area (Å²) in [6.45, 7) is 7.07. The fourth-order valence-corrected chi connectivity index (χ4v) is 3.46. The van der Waals surface area contributed by atoms with E-state index >= 15 is 0 Å². The van der Waals surface area contributed by atoms with E-state index in [1.807, 2.05) is 31.2 Å². The first kappa shape index (κ1) is 20.1. The molecule has 23 heavy (non-hydrogen) atoms. The Hall–Kier alpha value is -0.910. The Bertz CT molecular complexity index is 490. The number of ether oxygens (including phenoxy) is 1. The molecule has 1 heterocycles. The summed E-state index contributed by atoms with van der Waals surface area (Å²) in [4.78, 5) is 13.4. The van der Waals surface area contributed by atoms with Crippen molar-refractivity contribution in [1.82, 2.24) is 10.6 Å². The molecule has 1 aliphatic rings. The lowest BCUT2D eigenvalue weighted by Gasteiger charge is -2.34. The summed E-state index contributed by atoms with van der Waals surface area (Å²) in [5.74, 6) is 0.945. The lowest BCUT2D eigenvalue weighted by atomic mass is 9.81. The van der Waals surface area contributed by atoms with Gasteiger partial charge in [-0.25, -0.2) is 0 Å². The lowest BCUT2D eigenvalue weighted by molar-refractivity contribution is -0.120. The van der Waals surface area contributed by atoms with Gasteiger partial charge in [0.25, 0.3) is 0 Å². The second kappa shape index (κ2) is 9.40. The first-order valence-electron chi connectivity index (χ1n) is 7.82. The molecule has 2 rings (SSSR count). The highest BCUT2D eigenvalue weighted by atomic mass is 35.5. The number of thioether (sulfide) groups is 1. The van der Waals surface area contributed by atoms with Gasteiger partial charge in [0.15, 0.2) is 0 Å². The second-order valence-corrected chi connectivity index (χ2v) is 7.63. The van der Waals surface area contributed by atoms with E-state index in [9.17, 15) is 4.79 Å². The Labute approximate surface area is 149 Å². The summed E-state index contributed by atoms with van der Waals surface area (Å²) in [7, 11) is 1.65. The minimum absolute atomic E-state index is 0. The first-order valence-corrected chi connectivity index (χ1v) is 8.69. The molecule has 130 valence electrons. The smallest absolute Gasteiger partial charge is 0.233 e. The molecule has 1 amide bonds. The monoisotopic (exact) mass is 358 g/mol. The van der Waals surface area contributed by atoms with Crippen LogP contribution in [0.15, 0.2) is 29.2 Å². The fourth-order valence-electron chi connectivity index (χ4n) is 2.56. The molecular formula is C17H27ClN2O2S. The number of nitrogens with one attached hydrogen (secondary N) is 2. The van der Waals surface area contributed by atoms with E-state index in [0.29, 0.717) is 0 Å². The van der Waals surface area contributed by atoms with Crippen molar-refractivity contribution in [1.29, 1.82) is 0 Å². The van der Waals surface area contributed by atoms with Gasteiger partial charge in [-0.3, -0.25) is 4.79 Å². The molecule has 1 unspecified atom stereocenters. The van der Waals surface area contributed by atoms with Gasteiger partial charge in [0, 0.05) is 11.4 Å². The molecule has 1 aromatic carbocycles. The minimum Gasteiger partial charge on any atom is -0.497 e. The van der Waals surface area contributed by atoms with Crippen LogP contribution < -0.4 is 15.4 Å². The van der Waals surface area contributed by atoms with Crippen molar-refractivity contribution in [3.05, 3.63) is 24.3 Å².